The summed E-state index contributed by atoms with van der Waals surface area (Å²) >= 11 is 0. The molecule has 0 aromatic carbocycles. The average molecular weight is 253 g/mol. The maximum atomic E-state index is 12.4. The Morgan fingerprint density at radius 3 is 2.35 bits per heavy atom. The summed E-state index contributed by atoms with van der Waals surface area (Å²) in [5, 5.41) is 11.3. The van der Waals surface area contributed by atoms with E-state index in [0.29, 0.717) is 5.92 Å². The van der Waals surface area contributed by atoms with Crippen LogP contribution < -0.4 is 5.32 Å². The van der Waals surface area contributed by atoms with Crippen molar-refractivity contribution in [1.82, 2.24) is 5.32 Å². The number of carboxylic acid groups (broad SMARTS) is 1. The quantitative estimate of drug-likeness (QED) is 0.808. The highest BCUT2D eigenvalue weighted by atomic mass is 19.4. The smallest absolute Gasteiger partial charge is 0.403 e. The number of halogens is 3. The molecule has 0 aliphatic heterocycles. The predicted octanol–water partition coefficient (Wildman–Crippen LogP) is 2.27. The molecule has 1 rings (SSSR count). The summed E-state index contributed by atoms with van der Waals surface area (Å²) in [6, 6.07) is -0.00537. The van der Waals surface area contributed by atoms with Crippen molar-refractivity contribution in [2.24, 2.45) is 17.8 Å². The van der Waals surface area contributed by atoms with Gasteiger partial charge in [-0.3, -0.25) is 4.79 Å². The molecule has 4 unspecified atom stereocenters. The molecule has 17 heavy (non-hydrogen) atoms. The number of hydrogen-bond donors (Lipinski definition) is 2. The molecule has 1 saturated carbocycles. The lowest BCUT2D eigenvalue weighted by molar-refractivity contribution is -0.192. The van der Waals surface area contributed by atoms with E-state index in [2.05, 4.69) is 12.2 Å². The van der Waals surface area contributed by atoms with Crippen LogP contribution >= 0.6 is 0 Å². The first-order chi connectivity index (χ1) is 7.73. The van der Waals surface area contributed by atoms with Crippen molar-refractivity contribution < 1.29 is 23.1 Å². The van der Waals surface area contributed by atoms with Crippen LogP contribution in [0.3, 0.4) is 0 Å². The fourth-order valence-electron chi connectivity index (χ4n) is 2.27. The number of rotatable bonds is 4. The predicted molar refractivity (Wildman–Crippen MR) is 56.5 cm³/mol. The molecule has 1 aliphatic carbocycles. The van der Waals surface area contributed by atoms with Gasteiger partial charge in [0, 0.05) is 12.6 Å². The van der Waals surface area contributed by atoms with Gasteiger partial charge in [-0.15, -0.1) is 0 Å². The first kappa shape index (κ1) is 14.3. The molecule has 3 nitrogen and oxygen atoms in total. The lowest BCUT2D eigenvalue weighted by atomic mass is 9.97. The molecule has 0 amide bonds. The minimum absolute atomic E-state index is 0.00537. The van der Waals surface area contributed by atoms with Gasteiger partial charge in [-0.05, 0) is 24.7 Å². The Balaban J connectivity index is 2.51. The van der Waals surface area contributed by atoms with E-state index in [-0.39, 0.29) is 12.0 Å². The molecule has 0 aromatic rings. The van der Waals surface area contributed by atoms with Crippen LogP contribution in [0.15, 0.2) is 0 Å². The lowest BCUT2D eigenvalue weighted by Gasteiger charge is -2.23. The van der Waals surface area contributed by atoms with Gasteiger partial charge in [0.2, 0.25) is 0 Å². The van der Waals surface area contributed by atoms with Crippen molar-refractivity contribution in [2.45, 2.75) is 38.9 Å². The zero-order valence-corrected chi connectivity index (χ0v) is 9.92. The van der Waals surface area contributed by atoms with E-state index in [4.69, 9.17) is 5.11 Å². The van der Waals surface area contributed by atoms with Crippen LogP contribution in [-0.4, -0.2) is 29.8 Å². The Morgan fingerprint density at radius 1 is 1.41 bits per heavy atom. The van der Waals surface area contributed by atoms with Gasteiger partial charge in [0.15, 0.2) is 5.92 Å². The van der Waals surface area contributed by atoms with E-state index in [9.17, 15) is 18.0 Å². The summed E-state index contributed by atoms with van der Waals surface area (Å²) < 4.78 is 37.2. The second-order valence-corrected chi connectivity index (χ2v) is 4.86. The number of alkyl halides is 3. The molecule has 100 valence electrons. The molecule has 0 aromatic heterocycles. The lowest BCUT2D eigenvalue weighted by Crippen LogP contribution is -2.43. The molecule has 1 aliphatic rings. The molecule has 2 N–H and O–H groups in total. The van der Waals surface area contributed by atoms with E-state index >= 15 is 0 Å². The van der Waals surface area contributed by atoms with Gasteiger partial charge >= 0.3 is 12.1 Å². The SMILES string of the molecule is CC1CCC(NCC(C(=O)O)C(F)(F)F)C1C. The van der Waals surface area contributed by atoms with Crippen molar-refractivity contribution in [3.8, 4) is 0 Å². The fraction of sp³-hybridized carbons (Fsp3) is 0.909. The Morgan fingerprint density at radius 2 is 2.00 bits per heavy atom. The van der Waals surface area contributed by atoms with Gasteiger partial charge in [0.1, 0.15) is 0 Å². The molecule has 0 radical (unpaired) electrons. The number of aliphatic carboxylic acids is 1. The van der Waals surface area contributed by atoms with Crippen LogP contribution in [0.1, 0.15) is 26.7 Å². The monoisotopic (exact) mass is 253 g/mol. The summed E-state index contributed by atoms with van der Waals surface area (Å²) in [4.78, 5) is 10.5. The summed E-state index contributed by atoms with van der Waals surface area (Å²) in [6.07, 6.45) is -2.90. The minimum atomic E-state index is -4.69. The molecule has 0 bridgehead atoms. The molecule has 0 saturated heterocycles. The van der Waals surface area contributed by atoms with Crippen LogP contribution in [-0.2, 0) is 4.79 Å². The van der Waals surface area contributed by atoms with E-state index in [1.165, 1.54) is 0 Å². The number of carboxylic acids is 1. The topological polar surface area (TPSA) is 49.3 Å². The zero-order chi connectivity index (χ0) is 13.2. The van der Waals surface area contributed by atoms with Gasteiger partial charge < -0.3 is 10.4 Å². The Bertz CT molecular complexity index is 280. The molecule has 6 heteroatoms. The number of hydrogen-bond acceptors (Lipinski definition) is 2. The zero-order valence-electron chi connectivity index (χ0n) is 9.92. The summed E-state index contributed by atoms with van der Waals surface area (Å²) in [5.41, 5.74) is 0. The van der Waals surface area contributed by atoms with Crippen LogP contribution in [0.5, 0.6) is 0 Å². The van der Waals surface area contributed by atoms with Gasteiger partial charge in [0.05, 0.1) is 0 Å². The second kappa shape index (κ2) is 5.25. The largest absolute Gasteiger partial charge is 0.481 e. The van der Waals surface area contributed by atoms with Crippen molar-refractivity contribution in [3.63, 3.8) is 0 Å². The summed E-state index contributed by atoms with van der Waals surface area (Å²) in [7, 11) is 0. The van der Waals surface area contributed by atoms with Crippen molar-refractivity contribution in [2.75, 3.05) is 6.54 Å². The maximum absolute atomic E-state index is 12.4. The highest BCUT2D eigenvalue weighted by Gasteiger charge is 2.45. The molecule has 0 spiro atoms. The normalized spacial score (nSPS) is 31.5. The first-order valence-corrected chi connectivity index (χ1v) is 5.76. The number of carbonyl (C=O) groups is 1. The minimum Gasteiger partial charge on any atom is -0.481 e. The van der Waals surface area contributed by atoms with Crippen molar-refractivity contribution in [1.29, 1.82) is 0 Å². The standard InChI is InChI=1S/C11H18F3NO2/c1-6-3-4-9(7(6)2)15-5-8(10(16)17)11(12,13)14/h6-9,15H,3-5H2,1-2H3,(H,16,17). The maximum Gasteiger partial charge on any atom is 0.403 e. The second-order valence-electron chi connectivity index (χ2n) is 4.86. The Labute approximate surface area is 98.4 Å². The summed E-state index contributed by atoms with van der Waals surface area (Å²) in [5.74, 6) is -3.37. The van der Waals surface area contributed by atoms with Crippen LogP contribution in [0.4, 0.5) is 13.2 Å². The molecule has 4 atom stereocenters. The van der Waals surface area contributed by atoms with Gasteiger partial charge in [-0.25, -0.2) is 0 Å². The number of nitrogens with one attached hydrogen (secondary N) is 1. The van der Waals surface area contributed by atoms with Crippen molar-refractivity contribution >= 4 is 5.97 Å². The van der Waals surface area contributed by atoms with E-state index in [1.807, 2.05) is 6.92 Å². The summed E-state index contributed by atoms with van der Waals surface area (Å²) in [6.45, 7) is 3.50. The van der Waals surface area contributed by atoms with E-state index in [1.54, 1.807) is 0 Å². The van der Waals surface area contributed by atoms with E-state index < -0.39 is 24.6 Å². The Hall–Kier alpha value is -0.780. The third-order valence-electron chi connectivity index (χ3n) is 3.74. The Kier molecular flexibility index (Phi) is 4.41. The first-order valence-electron chi connectivity index (χ1n) is 5.76. The molecule has 0 heterocycles. The molecular formula is C11H18F3NO2. The third-order valence-corrected chi connectivity index (χ3v) is 3.74. The molecule has 1 fully saturated rings. The van der Waals surface area contributed by atoms with Crippen LogP contribution in [0.25, 0.3) is 0 Å². The average Bonchev–Trinajstić information content (AvgIpc) is 2.47. The van der Waals surface area contributed by atoms with E-state index in [0.717, 1.165) is 12.8 Å². The van der Waals surface area contributed by atoms with Gasteiger partial charge in [-0.1, -0.05) is 13.8 Å². The fourth-order valence-corrected chi connectivity index (χ4v) is 2.27. The van der Waals surface area contributed by atoms with Crippen LogP contribution in [0, 0.1) is 17.8 Å². The highest BCUT2D eigenvalue weighted by molar-refractivity contribution is 5.71. The van der Waals surface area contributed by atoms with Gasteiger partial charge in [0.25, 0.3) is 0 Å². The highest BCUT2D eigenvalue weighted by Crippen LogP contribution is 2.32. The molecular weight excluding hydrogens is 235 g/mol. The van der Waals surface area contributed by atoms with Gasteiger partial charge in [-0.2, -0.15) is 13.2 Å². The van der Waals surface area contributed by atoms with Crippen molar-refractivity contribution in [3.05, 3.63) is 0 Å². The third kappa shape index (κ3) is 3.59. The van der Waals surface area contributed by atoms with Crippen LogP contribution in [0.2, 0.25) is 0 Å².